The van der Waals surface area contributed by atoms with Crippen LogP contribution in [-0.4, -0.2) is 22.0 Å². The van der Waals surface area contributed by atoms with Gasteiger partial charge in [-0.05, 0) is 24.5 Å². The Kier molecular flexibility index (Phi) is 3.57. The van der Waals surface area contributed by atoms with Crippen molar-refractivity contribution in [2.24, 2.45) is 5.73 Å². The molecule has 6 heteroatoms. The summed E-state index contributed by atoms with van der Waals surface area (Å²) in [5, 5.41) is 19.2. The molecule has 0 bridgehead atoms. The van der Waals surface area contributed by atoms with E-state index in [2.05, 4.69) is 0 Å². The molecule has 1 unspecified atom stereocenters. The van der Waals surface area contributed by atoms with Gasteiger partial charge in [0.05, 0.1) is 4.92 Å². The van der Waals surface area contributed by atoms with Crippen molar-refractivity contribution in [3.8, 4) is 0 Å². The van der Waals surface area contributed by atoms with E-state index in [9.17, 15) is 14.9 Å². The predicted octanol–water partition coefficient (Wildman–Crippen LogP) is 0.858. The molecule has 1 aromatic rings. The first-order valence-corrected chi connectivity index (χ1v) is 4.64. The van der Waals surface area contributed by atoms with Gasteiger partial charge in [0.1, 0.15) is 6.04 Å². The lowest BCUT2D eigenvalue weighted by atomic mass is 10.0. The van der Waals surface area contributed by atoms with Gasteiger partial charge in [-0.2, -0.15) is 0 Å². The summed E-state index contributed by atoms with van der Waals surface area (Å²) < 4.78 is 0. The van der Waals surface area contributed by atoms with Gasteiger partial charge in [-0.25, -0.2) is 0 Å². The van der Waals surface area contributed by atoms with Crippen LogP contribution in [0, 0.1) is 17.0 Å². The number of benzene rings is 1. The maximum absolute atomic E-state index is 10.6. The number of nitro groups is 1. The van der Waals surface area contributed by atoms with Gasteiger partial charge in [-0.15, -0.1) is 0 Å². The third kappa shape index (κ3) is 2.77. The minimum Gasteiger partial charge on any atom is -0.480 e. The molecule has 0 aromatic heterocycles. The SMILES string of the molecule is Cc1ccc([N+](=O)[O-])cc1CC(N)C(=O)O. The van der Waals surface area contributed by atoms with Crippen LogP contribution in [0.25, 0.3) is 0 Å². The van der Waals surface area contributed by atoms with Gasteiger partial charge >= 0.3 is 5.97 Å². The number of nitro benzene ring substituents is 1. The highest BCUT2D eigenvalue weighted by molar-refractivity contribution is 5.73. The number of non-ortho nitro benzene ring substituents is 1. The molecule has 1 aromatic carbocycles. The number of aryl methyl sites for hydroxylation is 1. The molecule has 1 rings (SSSR count). The maximum Gasteiger partial charge on any atom is 0.320 e. The van der Waals surface area contributed by atoms with E-state index < -0.39 is 16.9 Å². The first-order valence-electron chi connectivity index (χ1n) is 4.64. The number of carboxylic acids is 1. The largest absolute Gasteiger partial charge is 0.480 e. The summed E-state index contributed by atoms with van der Waals surface area (Å²) in [5.41, 5.74) is 6.70. The third-order valence-electron chi connectivity index (χ3n) is 2.30. The Hall–Kier alpha value is -1.95. The fourth-order valence-corrected chi connectivity index (χ4v) is 1.32. The molecule has 86 valence electrons. The van der Waals surface area contributed by atoms with Crippen LogP contribution in [0.1, 0.15) is 11.1 Å². The molecular formula is C10H12N2O4. The number of hydrogen-bond donors (Lipinski definition) is 2. The van der Waals surface area contributed by atoms with Crippen molar-refractivity contribution < 1.29 is 14.8 Å². The van der Waals surface area contributed by atoms with E-state index in [-0.39, 0.29) is 12.1 Å². The van der Waals surface area contributed by atoms with Gasteiger partial charge in [-0.1, -0.05) is 6.07 Å². The number of rotatable bonds is 4. The second-order valence-corrected chi connectivity index (χ2v) is 3.52. The van der Waals surface area contributed by atoms with Crippen molar-refractivity contribution in [1.29, 1.82) is 0 Å². The smallest absolute Gasteiger partial charge is 0.320 e. The van der Waals surface area contributed by atoms with Crippen LogP contribution in [0.2, 0.25) is 0 Å². The standard InChI is InChI=1S/C10H12N2O4/c1-6-2-3-8(12(15)16)4-7(6)5-9(11)10(13)14/h2-4,9H,5,11H2,1H3,(H,13,14). The van der Waals surface area contributed by atoms with Crippen molar-refractivity contribution in [2.75, 3.05) is 0 Å². The molecule has 6 nitrogen and oxygen atoms in total. The van der Waals surface area contributed by atoms with Crippen LogP contribution >= 0.6 is 0 Å². The number of hydrogen-bond acceptors (Lipinski definition) is 4. The van der Waals surface area contributed by atoms with Crippen molar-refractivity contribution >= 4 is 11.7 Å². The molecule has 0 aliphatic rings. The molecule has 0 amide bonds. The zero-order valence-corrected chi connectivity index (χ0v) is 8.71. The molecular weight excluding hydrogens is 212 g/mol. The van der Waals surface area contributed by atoms with Crippen LogP contribution in [-0.2, 0) is 11.2 Å². The molecule has 3 N–H and O–H groups in total. The molecule has 0 radical (unpaired) electrons. The van der Waals surface area contributed by atoms with Gasteiger partial charge in [0.25, 0.3) is 5.69 Å². The molecule has 0 aliphatic heterocycles. The number of aliphatic carboxylic acids is 1. The van der Waals surface area contributed by atoms with E-state index in [0.717, 1.165) is 5.56 Å². The van der Waals surface area contributed by atoms with Crippen LogP contribution in [0.5, 0.6) is 0 Å². The minimum atomic E-state index is -1.12. The van der Waals surface area contributed by atoms with Crippen LogP contribution in [0.15, 0.2) is 18.2 Å². The fourth-order valence-electron chi connectivity index (χ4n) is 1.32. The Bertz CT molecular complexity index is 431. The average Bonchev–Trinajstić information content (AvgIpc) is 2.20. The van der Waals surface area contributed by atoms with Gasteiger partial charge < -0.3 is 10.8 Å². The van der Waals surface area contributed by atoms with E-state index >= 15 is 0 Å². The average molecular weight is 224 g/mol. The minimum absolute atomic E-state index is 0.0572. The van der Waals surface area contributed by atoms with Crippen LogP contribution < -0.4 is 5.73 Å². The normalized spacial score (nSPS) is 12.1. The maximum atomic E-state index is 10.6. The molecule has 0 fully saturated rings. The van der Waals surface area contributed by atoms with Crippen molar-refractivity contribution in [2.45, 2.75) is 19.4 Å². The number of carbonyl (C=O) groups is 1. The summed E-state index contributed by atoms with van der Waals surface area (Å²) >= 11 is 0. The molecule has 0 saturated heterocycles. The Labute approximate surface area is 91.8 Å². The first kappa shape index (κ1) is 12.1. The Balaban J connectivity index is 2.98. The topological polar surface area (TPSA) is 106 Å². The summed E-state index contributed by atoms with van der Waals surface area (Å²) in [6.07, 6.45) is 0.0862. The molecule has 0 spiro atoms. The first-order chi connectivity index (χ1) is 7.41. The zero-order chi connectivity index (χ0) is 12.3. The number of nitrogens with zero attached hydrogens (tertiary/aromatic N) is 1. The molecule has 16 heavy (non-hydrogen) atoms. The van der Waals surface area contributed by atoms with Crippen molar-refractivity contribution in [3.05, 3.63) is 39.4 Å². The number of nitrogens with two attached hydrogens (primary N) is 1. The molecule has 1 atom stereocenters. The van der Waals surface area contributed by atoms with Gasteiger partial charge in [0.2, 0.25) is 0 Å². The summed E-state index contributed by atoms with van der Waals surface area (Å²) in [6.45, 7) is 1.76. The third-order valence-corrected chi connectivity index (χ3v) is 2.30. The second kappa shape index (κ2) is 4.71. The highest BCUT2D eigenvalue weighted by Gasteiger charge is 2.15. The fraction of sp³-hybridized carbons (Fsp3) is 0.300. The highest BCUT2D eigenvalue weighted by Crippen LogP contribution is 2.18. The van der Waals surface area contributed by atoms with E-state index in [4.69, 9.17) is 10.8 Å². The van der Waals surface area contributed by atoms with Crippen LogP contribution in [0.3, 0.4) is 0 Å². The highest BCUT2D eigenvalue weighted by atomic mass is 16.6. The van der Waals surface area contributed by atoms with Gasteiger partial charge in [0.15, 0.2) is 0 Å². The monoisotopic (exact) mass is 224 g/mol. The van der Waals surface area contributed by atoms with E-state index in [1.165, 1.54) is 12.1 Å². The lowest BCUT2D eigenvalue weighted by Crippen LogP contribution is -2.32. The number of carboxylic acid groups (broad SMARTS) is 1. The molecule has 0 heterocycles. The van der Waals surface area contributed by atoms with E-state index in [1.54, 1.807) is 13.0 Å². The quantitative estimate of drug-likeness (QED) is 0.582. The van der Waals surface area contributed by atoms with Crippen molar-refractivity contribution in [1.82, 2.24) is 0 Å². The van der Waals surface area contributed by atoms with Gasteiger partial charge in [0, 0.05) is 12.1 Å². The van der Waals surface area contributed by atoms with E-state index in [0.29, 0.717) is 5.56 Å². The van der Waals surface area contributed by atoms with Crippen LogP contribution in [0.4, 0.5) is 5.69 Å². The summed E-state index contributed by atoms with van der Waals surface area (Å²) in [6, 6.07) is 3.28. The Morgan fingerprint density at radius 2 is 2.25 bits per heavy atom. The Morgan fingerprint density at radius 1 is 1.62 bits per heavy atom. The summed E-state index contributed by atoms with van der Waals surface area (Å²) in [7, 11) is 0. The molecule has 0 aliphatic carbocycles. The summed E-state index contributed by atoms with van der Waals surface area (Å²) in [4.78, 5) is 20.6. The lowest BCUT2D eigenvalue weighted by Gasteiger charge is -2.08. The lowest BCUT2D eigenvalue weighted by molar-refractivity contribution is -0.384. The second-order valence-electron chi connectivity index (χ2n) is 3.52. The Morgan fingerprint density at radius 3 is 2.75 bits per heavy atom. The van der Waals surface area contributed by atoms with E-state index in [1.807, 2.05) is 0 Å². The predicted molar refractivity (Wildman–Crippen MR) is 57.1 cm³/mol. The van der Waals surface area contributed by atoms with Gasteiger partial charge in [-0.3, -0.25) is 14.9 Å². The van der Waals surface area contributed by atoms with Crippen molar-refractivity contribution in [3.63, 3.8) is 0 Å². The zero-order valence-electron chi connectivity index (χ0n) is 8.71. The molecule has 0 saturated carbocycles. The summed E-state index contributed by atoms with van der Waals surface area (Å²) in [5.74, 6) is -1.12.